The van der Waals surface area contributed by atoms with Crippen molar-refractivity contribution in [1.82, 2.24) is 0 Å². The zero-order valence-corrected chi connectivity index (χ0v) is 12.0. The van der Waals surface area contributed by atoms with Gasteiger partial charge in [-0.2, -0.15) is 0 Å². The Morgan fingerprint density at radius 1 is 1.25 bits per heavy atom. The molecular formula is C14H21BrO. The van der Waals surface area contributed by atoms with Crippen LogP contribution in [0.4, 0.5) is 0 Å². The zero-order valence-electron chi connectivity index (χ0n) is 10.4. The van der Waals surface area contributed by atoms with Gasteiger partial charge in [-0.1, -0.05) is 46.1 Å². The molecule has 0 amide bonds. The molecule has 0 saturated heterocycles. The molecule has 16 heavy (non-hydrogen) atoms. The van der Waals surface area contributed by atoms with Crippen LogP contribution in [-0.2, 0) is 5.41 Å². The lowest BCUT2D eigenvalue weighted by atomic mass is 9.80. The molecule has 0 bridgehead atoms. The van der Waals surface area contributed by atoms with E-state index in [9.17, 15) is 5.11 Å². The molecule has 0 aliphatic carbocycles. The molecule has 1 N–H and O–H groups in total. The molecule has 1 rings (SSSR count). The third kappa shape index (κ3) is 3.51. The van der Waals surface area contributed by atoms with Gasteiger partial charge in [0.15, 0.2) is 0 Å². The van der Waals surface area contributed by atoms with Gasteiger partial charge in [0.05, 0.1) is 4.47 Å². The van der Waals surface area contributed by atoms with E-state index in [1.807, 2.05) is 12.1 Å². The molecule has 0 unspecified atom stereocenters. The number of rotatable bonds is 5. The first-order valence-corrected chi connectivity index (χ1v) is 6.75. The van der Waals surface area contributed by atoms with Crippen LogP contribution in [0.3, 0.4) is 0 Å². The average Bonchev–Trinajstić information content (AvgIpc) is 2.22. The molecule has 0 spiro atoms. The van der Waals surface area contributed by atoms with E-state index >= 15 is 0 Å². The fraction of sp³-hybridized carbons (Fsp3) is 0.571. The predicted octanol–water partition coefficient (Wildman–Crippen LogP) is 5.01. The van der Waals surface area contributed by atoms with Gasteiger partial charge < -0.3 is 5.11 Å². The highest BCUT2D eigenvalue weighted by atomic mass is 79.9. The van der Waals surface area contributed by atoms with Crippen LogP contribution in [0, 0.1) is 0 Å². The molecule has 1 aromatic carbocycles. The van der Waals surface area contributed by atoms with Gasteiger partial charge in [-0.3, -0.25) is 0 Å². The Morgan fingerprint density at radius 2 is 1.94 bits per heavy atom. The van der Waals surface area contributed by atoms with Gasteiger partial charge in [0.2, 0.25) is 0 Å². The fourth-order valence-corrected chi connectivity index (χ4v) is 2.14. The Bertz CT molecular complexity index is 345. The molecule has 0 atom stereocenters. The van der Waals surface area contributed by atoms with Crippen molar-refractivity contribution in [2.45, 2.75) is 51.9 Å². The fourth-order valence-electron chi connectivity index (χ4n) is 1.89. The maximum atomic E-state index is 9.69. The van der Waals surface area contributed by atoms with Crippen LogP contribution < -0.4 is 0 Å². The number of unbranched alkanes of at least 4 members (excludes halogenated alkanes) is 2. The summed E-state index contributed by atoms with van der Waals surface area (Å²) in [6, 6.07) is 5.89. The van der Waals surface area contributed by atoms with Crippen LogP contribution >= 0.6 is 15.9 Å². The minimum Gasteiger partial charge on any atom is -0.507 e. The molecule has 1 aromatic rings. The summed E-state index contributed by atoms with van der Waals surface area (Å²) in [5, 5.41) is 9.69. The van der Waals surface area contributed by atoms with Gasteiger partial charge in [-0.25, -0.2) is 0 Å². The van der Waals surface area contributed by atoms with E-state index in [0.29, 0.717) is 5.75 Å². The number of phenolic OH excluding ortho intramolecular Hbond substituents is 1. The summed E-state index contributed by atoms with van der Waals surface area (Å²) < 4.78 is 0.764. The van der Waals surface area contributed by atoms with Gasteiger partial charge in [-0.15, -0.1) is 0 Å². The second-order valence-corrected chi connectivity index (χ2v) is 5.86. The van der Waals surface area contributed by atoms with Crippen LogP contribution in [0.5, 0.6) is 5.75 Å². The summed E-state index contributed by atoms with van der Waals surface area (Å²) in [7, 11) is 0. The molecule has 0 aromatic heterocycles. The van der Waals surface area contributed by atoms with Crippen molar-refractivity contribution in [1.29, 1.82) is 0 Å². The first kappa shape index (κ1) is 13.6. The molecular weight excluding hydrogens is 264 g/mol. The first-order valence-electron chi connectivity index (χ1n) is 5.96. The van der Waals surface area contributed by atoms with Crippen LogP contribution in [0.2, 0.25) is 0 Å². The molecule has 90 valence electrons. The van der Waals surface area contributed by atoms with Crippen LogP contribution in [0.25, 0.3) is 0 Å². The molecule has 0 fully saturated rings. The average molecular weight is 285 g/mol. The summed E-state index contributed by atoms with van der Waals surface area (Å²) in [5.41, 5.74) is 1.36. The van der Waals surface area contributed by atoms with E-state index in [-0.39, 0.29) is 5.41 Å². The van der Waals surface area contributed by atoms with Crippen molar-refractivity contribution in [3.05, 3.63) is 28.2 Å². The van der Waals surface area contributed by atoms with E-state index in [0.717, 1.165) is 4.47 Å². The lowest BCUT2D eigenvalue weighted by molar-refractivity contribution is 0.439. The van der Waals surface area contributed by atoms with Gasteiger partial charge in [-0.05, 0) is 45.5 Å². The summed E-state index contributed by atoms with van der Waals surface area (Å²) >= 11 is 3.31. The highest BCUT2D eigenvalue weighted by Gasteiger charge is 2.20. The third-order valence-corrected chi connectivity index (χ3v) is 3.80. The quantitative estimate of drug-likeness (QED) is 0.754. The third-order valence-electron chi connectivity index (χ3n) is 3.13. The molecule has 1 nitrogen and oxygen atoms in total. The van der Waals surface area contributed by atoms with E-state index < -0.39 is 0 Å². The second kappa shape index (κ2) is 5.72. The summed E-state index contributed by atoms with van der Waals surface area (Å²) in [5.74, 6) is 0.334. The molecule has 0 radical (unpaired) electrons. The first-order chi connectivity index (χ1) is 7.47. The highest BCUT2D eigenvalue weighted by Crippen LogP contribution is 2.34. The Kier molecular flexibility index (Phi) is 4.85. The topological polar surface area (TPSA) is 20.2 Å². The Balaban J connectivity index is 2.76. The standard InChI is InChI=1S/C14H21BrO/c1-4-5-6-9-14(2,3)11-7-8-12(15)13(16)10-11/h7-8,10,16H,4-6,9H2,1-3H3. The largest absolute Gasteiger partial charge is 0.507 e. The van der Waals surface area contributed by atoms with Crippen molar-refractivity contribution in [3.63, 3.8) is 0 Å². The van der Waals surface area contributed by atoms with Gasteiger partial charge in [0.25, 0.3) is 0 Å². The number of hydrogen-bond acceptors (Lipinski definition) is 1. The van der Waals surface area contributed by atoms with Gasteiger partial charge in [0.1, 0.15) is 5.75 Å². The molecule has 2 heteroatoms. The van der Waals surface area contributed by atoms with Crippen molar-refractivity contribution < 1.29 is 5.11 Å². The number of phenols is 1. The van der Waals surface area contributed by atoms with Crippen LogP contribution in [0.1, 0.15) is 52.0 Å². The molecule has 0 aliphatic rings. The maximum absolute atomic E-state index is 9.69. The van der Waals surface area contributed by atoms with Gasteiger partial charge >= 0.3 is 0 Å². The minimum absolute atomic E-state index is 0.146. The number of hydrogen-bond donors (Lipinski definition) is 1. The van der Waals surface area contributed by atoms with E-state index in [1.165, 1.54) is 31.2 Å². The molecule has 0 saturated carbocycles. The zero-order chi connectivity index (χ0) is 12.2. The van der Waals surface area contributed by atoms with Gasteiger partial charge in [0, 0.05) is 0 Å². The maximum Gasteiger partial charge on any atom is 0.130 e. The smallest absolute Gasteiger partial charge is 0.130 e. The monoisotopic (exact) mass is 284 g/mol. The highest BCUT2D eigenvalue weighted by molar-refractivity contribution is 9.10. The summed E-state index contributed by atoms with van der Waals surface area (Å²) in [6.45, 7) is 6.70. The number of benzene rings is 1. The van der Waals surface area contributed by atoms with E-state index in [1.54, 1.807) is 0 Å². The SMILES string of the molecule is CCCCCC(C)(C)c1ccc(Br)c(O)c1. The van der Waals surface area contributed by atoms with Crippen molar-refractivity contribution in [2.24, 2.45) is 0 Å². The lowest BCUT2D eigenvalue weighted by Gasteiger charge is -2.25. The normalized spacial score (nSPS) is 11.8. The Labute approximate surface area is 107 Å². The molecule has 0 heterocycles. The molecule has 0 aliphatic heterocycles. The van der Waals surface area contributed by atoms with E-state index in [2.05, 4.69) is 42.8 Å². The van der Waals surface area contributed by atoms with Crippen LogP contribution in [-0.4, -0.2) is 5.11 Å². The minimum atomic E-state index is 0.146. The van der Waals surface area contributed by atoms with Crippen molar-refractivity contribution in [3.8, 4) is 5.75 Å². The lowest BCUT2D eigenvalue weighted by Crippen LogP contribution is -2.16. The van der Waals surface area contributed by atoms with Crippen LogP contribution in [0.15, 0.2) is 22.7 Å². The number of aromatic hydroxyl groups is 1. The van der Waals surface area contributed by atoms with Crippen molar-refractivity contribution in [2.75, 3.05) is 0 Å². The van der Waals surface area contributed by atoms with E-state index in [4.69, 9.17) is 0 Å². The Morgan fingerprint density at radius 3 is 2.50 bits per heavy atom. The van der Waals surface area contributed by atoms with Crippen molar-refractivity contribution >= 4 is 15.9 Å². The predicted molar refractivity (Wildman–Crippen MR) is 73.0 cm³/mol. The summed E-state index contributed by atoms with van der Waals surface area (Å²) in [4.78, 5) is 0. The second-order valence-electron chi connectivity index (χ2n) is 5.01. The number of halogens is 1. The summed E-state index contributed by atoms with van der Waals surface area (Å²) in [6.07, 6.45) is 4.95. The Hall–Kier alpha value is -0.500.